The van der Waals surface area contributed by atoms with Crippen LogP contribution in [0.1, 0.15) is 47.0 Å². The van der Waals surface area contributed by atoms with Crippen LogP contribution < -0.4 is 10.6 Å². The Bertz CT molecular complexity index is 323. The lowest BCUT2D eigenvalue weighted by Crippen LogP contribution is -2.29. The molecule has 0 saturated heterocycles. The maximum atomic E-state index is 11.4. The highest BCUT2D eigenvalue weighted by Crippen LogP contribution is 2.31. The molecule has 0 fully saturated rings. The minimum absolute atomic E-state index is 0.115. The first-order valence-corrected chi connectivity index (χ1v) is 8.00. The normalized spacial score (nSPS) is 19.2. The number of nitrogens with one attached hydrogen (secondary N) is 2. The highest BCUT2D eigenvalue weighted by Gasteiger charge is 2.24. The third-order valence-corrected chi connectivity index (χ3v) is 3.90. The van der Waals surface area contributed by atoms with Gasteiger partial charge in [0, 0.05) is 24.8 Å². The predicted molar refractivity (Wildman–Crippen MR) is 83.7 cm³/mol. The summed E-state index contributed by atoms with van der Waals surface area (Å²) < 4.78 is 0. The van der Waals surface area contributed by atoms with Crippen molar-refractivity contribution < 1.29 is 4.79 Å². The van der Waals surface area contributed by atoms with Crippen molar-refractivity contribution in [2.75, 3.05) is 19.6 Å². The Morgan fingerprint density at radius 3 is 2.79 bits per heavy atom. The van der Waals surface area contributed by atoms with Gasteiger partial charge in [-0.3, -0.25) is 9.79 Å². The summed E-state index contributed by atoms with van der Waals surface area (Å²) in [6, 6.07) is 0. The highest BCUT2D eigenvalue weighted by molar-refractivity contribution is 8.14. The number of amidine groups is 1. The second-order valence-electron chi connectivity index (χ2n) is 6.18. The molecule has 2 N–H and O–H groups in total. The van der Waals surface area contributed by atoms with E-state index in [1.807, 2.05) is 11.8 Å². The third kappa shape index (κ3) is 7.45. The van der Waals surface area contributed by atoms with Crippen LogP contribution in [-0.2, 0) is 4.79 Å². The second kappa shape index (κ2) is 7.78. The average Bonchev–Trinajstić information content (AvgIpc) is 2.71. The quantitative estimate of drug-likeness (QED) is 0.788. The number of thioether (sulfide) groups is 1. The summed E-state index contributed by atoms with van der Waals surface area (Å²) in [5, 5.41) is 7.71. The Morgan fingerprint density at radius 2 is 2.16 bits per heavy atom. The van der Waals surface area contributed by atoms with E-state index in [0.29, 0.717) is 23.6 Å². The summed E-state index contributed by atoms with van der Waals surface area (Å²) in [7, 11) is 0. The van der Waals surface area contributed by atoms with Gasteiger partial charge in [0.2, 0.25) is 5.91 Å². The van der Waals surface area contributed by atoms with Crippen molar-refractivity contribution in [3.63, 3.8) is 0 Å². The van der Waals surface area contributed by atoms with E-state index in [1.54, 1.807) is 0 Å². The molecule has 1 atom stereocenters. The van der Waals surface area contributed by atoms with Crippen LogP contribution in [-0.4, -0.2) is 36.0 Å². The first kappa shape index (κ1) is 16.3. The molecule has 0 aromatic heterocycles. The SMILES string of the molecule is CCCNC(=O)CCNC1=NCC(CC(C)(C)C)S1. The lowest BCUT2D eigenvalue weighted by Gasteiger charge is -2.21. The maximum Gasteiger partial charge on any atom is 0.221 e. The van der Waals surface area contributed by atoms with E-state index in [4.69, 9.17) is 0 Å². The zero-order valence-corrected chi connectivity index (χ0v) is 13.4. The van der Waals surface area contributed by atoms with Crippen LogP contribution in [0.4, 0.5) is 0 Å². The van der Waals surface area contributed by atoms with Gasteiger partial charge in [0.1, 0.15) is 0 Å². The van der Waals surface area contributed by atoms with Crippen molar-refractivity contribution in [1.29, 1.82) is 0 Å². The van der Waals surface area contributed by atoms with Gasteiger partial charge in [0.15, 0.2) is 5.17 Å². The molecule has 1 unspecified atom stereocenters. The van der Waals surface area contributed by atoms with Crippen LogP contribution in [0.2, 0.25) is 0 Å². The van der Waals surface area contributed by atoms with Gasteiger partial charge in [0.25, 0.3) is 0 Å². The van der Waals surface area contributed by atoms with E-state index in [2.05, 4.69) is 43.3 Å². The number of amides is 1. The molecule has 1 aliphatic heterocycles. The molecule has 1 heterocycles. The summed E-state index contributed by atoms with van der Waals surface area (Å²) in [5.74, 6) is 0.115. The first-order chi connectivity index (χ1) is 8.90. The summed E-state index contributed by atoms with van der Waals surface area (Å²) in [6.45, 7) is 11.2. The van der Waals surface area contributed by atoms with Gasteiger partial charge in [-0.05, 0) is 18.3 Å². The molecule has 4 nitrogen and oxygen atoms in total. The summed E-state index contributed by atoms with van der Waals surface area (Å²) >= 11 is 1.81. The van der Waals surface area contributed by atoms with E-state index >= 15 is 0 Å². The molecule has 0 aliphatic carbocycles. The highest BCUT2D eigenvalue weighted by atomic mass is 32.2. The average molecular weight is 285 g/mol. The van der Waals surface area contributed by atoms with Crippen LogP contribution >= 0.6 is 11.8 Å². The van der Waals surface area contributed by atoms with Crippen molar-refractivity contribution in [2.45, 2.75) is 52.2 Å². The van der Waals surface area contributed by atoms with Gasteiger partial charge in [-0.1, -0.05) is 39.5 Å². The predicted octanol–water partition coefficient (Wildman–Crippen LogP) is 2.40. The third-order valence-electron chi connectivity index (χ3n) is 2.76. The van der Waals surface area contributed by atoms with Crippen molar-refractivity contribution in [1.82, 2.24) is 10.6 Å². The van der Waals surface area contributed by atoms with Crippen LogP contribution in [0.5, 0.6) is 0 Å². The number of carbonyl (C=O) groups excluding carboxylic acids is 1. The number of hydrogen-bond donors (Lipinski definition) is 2. The monoisotopic (exact) mass is 285 g/mol. The molecule has 0 spiro atoms. The molecular formula is C14H27N3OS. The molecular weight excluding hydrogens is 258 g/mol. The van der Waals surface area contributed by atoms with E-state index in [0.717, 1.165) is 24.7 Å². The smallest absolute Gasteiger partial charge is 0.221 e. The largest absolute Gasteiger partial charge is 0.364 e. The molecule has 0 aromatic carbocycles. The molecule has 0 saturated carbocycles. The Kier molecular flexibility index (Phi) is 6.69. The number of aliphatic imine (C=N–C) groups is 1. The van der Waals surface area contributed by atoms with Crippen LogP contribution in [0.15, 0.2) is 4.99 Å². The van der Waals surface area contributed by atoms with E-state index in [-0.39, 0.29) is 5.91 Å². The molecule has 1 rings (SSSR count). The Labute approximate surface area is 121 Å². The van der Waals surface area contributed by atoms with Gasteiger partial charge in [0.05, 0.1) is 6.54 Å². The van der Waals surface area contributed by atoms with Gasteiger partial charge in [-0.15, -0.1) is 0 Å². The van der Waals surface area contributed by atoms with Gasteiger partial charge >= 0.3 is 0 Å². The number of carbonyl (C=O) groups is 1. The summed E-state index contributed by atoms with van der Waals surface area (Å²) in [5.41, 5.74) is 0.350. The number of hydrogen-bond acceptors (Lipinski definition) is 4. The maximum absolute atomic E-state index is 11.4. The lowest BCUT2D eigenvalue weighted by molar-refractivity contribution is -0.120. The number of nitrogens with zero attached hydrogens (tertiary/aromatic N) is 1. The van der Waals surface area contributed by atoms with Crippen molar-refractivity contribution in [2.24, 2.45) is 10.4 Å². The van der Waals surface area contributed by atoms with E-state index in [9.17, 15) is 4.79 Å². The van der Waals surface area contributed by atoms with Crippen molar-refractivity contribution in [3.05, 3.63) is 0 Å². The van der Waals surface area contributed by atoms with Crippen molar-refractivity contribution in [3.8, 4) is 0 Å². The zero-order valence-electron chi connectivity index (χ0n) is 12.6. The molecule has 1 amide bonds. The minimum Gasteiger partial charge on any atom is -0.364 e. The second-order valence-corrected chi connectivity index (χ2v) is 7.47. The fourth-order valence-electron chi connectivity index (χ4n) is 1.94. The molecule has 0 bridgehead atoms. The van der Waals surface area contributed by atoms with E-state index in [1.165, 1.54) is 6.42 Å². The summed E-state index contributed by atoms with van der Waals surface area (Å²) in [6.07, 6.45) is 2.67. The standard InChI is InChI=1S/C14H27N3OS/c1-5-7-15-12(18)6-8-16-13-17-10-11(19-13)9-14(2,3)4/h11H,5-10H2,1-4H3,(H,15,18)(H,16,17). The van der Waals surface area contributed by atoms with Crippen LogP contribution in [0, 0.1) is 5.41 Å². The molecule has 19 heavy (non-hydrogen) atoms. The molecule has 0 aromatic rings. The van der Waals surface area contributed by atoms with Gasteiger partial charge in [-0.25, -0.2) is 0 Å². The lowest BCUT2D eigenvalue weighted by atomic mass is 9.90. The fraction of sp³-hybridized carbons (Fsp3) is 0.857. The Morgan fingerprint density at radius 1 is 1.42 bits per heavy atom. The Hall–Kier alpha value is -0.710. The first-order valence-electron chi connectivity index (χ1n) is 7.12. The van der Waals surface area contributed by atoms with Crippen molar-refractivity contribution >= 4 is 22.8 Å². The molecule has 110 valence electrons. The van der Waals surface area contributed by atoms with E-state index < -0.39 is 0 Å². The van der Waals surface area contributed by atoms with Gasteiger partial charge in [-0.2, -0.15) is 0 Å². The van der Waals surface area contributed by atoms with Crippen LogP contribution in [0.3, 0.4) is 0 Å². The Balaban J connectivity index is 2.13. The number of rotatable bonds is 6. The van der Waals surface area contributed by atoms with Gasteiger partial charge < -0.3 is 10.6 Å². The summed E-state index contributed by atoms with van der Waals surface area (Å²) in [4.78, 5) is 15.9. The minimum atomic E-state index is 0.115. The zero-order chi connectivity index (χ0) is 14.3. The van der Waals surface area contributed by atoms with Crippen LogP contribution in [0.25, 0.3) is 0 Å². The molecule has 5 heteroatoms. The molecule has 1 aliphatic rings. The topological polar surface area (TPSA) is 53.5 Å². The fourth-order valence-corrected chi connectivity index (χ4v) is 3.32. The molecule has 0 radical (unpaired) electrons.